The number of anilines is 1. The topological polar surface area (TPSA) is 92.9 Å². The highest BCUT2D eigenvalue weighted by molar-refractivity contribution is 6.51. The van der Waals surface area contributed by atoms with Crippen LogP contribution in [0.1, 0.15) is 36.3 Å². The van der Waals surface area contributed by atoms with E-state index in [1.165, 1.54) is 4.90 Å². The van der Waals surface area contributed by atoms with E-state index in [1.807, 2.05) is 6.92 Å². The van der Waals surface area contributed by atoms with E-state index in [-0.39, 0.29) is 17.2 Å². The van der Waals surface area contributed by atoms with Crippen molar-refractivity contribution in [2.75, 3.05) is 11.5 Å². The largest absolute Gasteiger partial charge is 0.507 e. The lowest BCUT2D eigenvalue weighted by Gasteiger charge is -2.23. The summed E-state index contributed by atoms with van der Waals surface area (Å²) in [5.74, 6) is -0.657. The van der Waals surface area contributed by atoms with E-state index in [9.17, 15) is 14.7 Å². The first-order chi connectivity index (χ1) is 15.4. The lowest BCUT2D eigenvalue weighted by atomic mass is 9.95. The molecule has 0 unspecified atom stereocenters. The predicted molar refractivity (Wildman–Crippen MR) is 120 cm³/mol. The van der Waals surface area contributed by atoms with Crippen molar-refractivity contribution in [3.8, 4) is 5.75 Å². The van der Waals surface area contributed by atoms with Crippen LogP contribution in [0, 0.1) is 6.92 Å². The molecule has 1 aromatic heterocycles. The van der Waals surface area contributed by atoms with E-state index in [1.54, 1.807) is 61.5 Å². The van der Waals surface area contributed by atoms with Gasteiger partial charge in [0, 0.05) is 16.7 Å². The molecule has 8 heteroatoms. The fourth-order valence-corrected chi connectivity index (χ4v) is 3.73. The van der Waals surface area contributed by atoms with Crippen molar-refractivity contribution in [1.29, 1.82) is 0 Å². The third kappa shape index (κ3) is 3.99. The molecule has 0 radical (unpaired) electrons. The molecular weight excluding hydrogens is 432 g/mol. The normalized spacial score (nSPS) is 17.7. The van der Waals surface area contributed by atoms with Gasteiger partial charge < -0.3 is 14.4 Å². The molecule has 1 fully saturated rings. The Hall–Kier alpha value is -3.58. The Labute approximate surface area is 189 Å². The summed E-state index contributed by atoms with van der Waals surface area (Å²) in [5, 5.41) is 15.5. The SMILES string of the molecule is CCCOc1cccc([C@@H]2/C(=C(\O)c3ccc(Cl)cc3)C(=O)C(=O)N2c2cc(C)on2)c1. The summed E-state index contributed by atoms with van der Waals surface area (Å²) in [7, 11) is 0. The molecule has 0 saturated carbocycles. The first kappa shape index (κ1) is 21.6. The first-order valence-corrected chi connectivity index (χ1v) is 10.5. The van der Waals surface area contributed by atoms with Gasteiger partial charge in [0.25, 0.3) is 5.78 Å². The van der Waals surface area contributed by atoms with Crippen LogP contribution in [-0.2, 0) is 9.59 Å². The predicted octanol–water partition coefficient (Wildman–Crippen LogP) is 5.05. The fraction of sp³-hybridized carbons (Fsp3) is 0.208. The number of aryl methyl sites for hydroxylation is 1. The zero-order valence-electron chi connectivity index (χ0n) is 17.5. The molecule has 7 nitrogen and oxygen atoms in total. The standard InChI is InChI=1S/C24H21ClN2O5/c1-3-11-31-18-6-4-5-16(13-18)21-20(22(28)15-7-9-17(25)10-8-15)23(29)24(30)27(21)19-12-14(2)32-26-19/h4-10,12-13,21,28H,3,11H2,1-2H3/b22-20+/t21-/m1/s1. The molecule has 1 N–H and O–H groups in total. The number of aromatic nitrogens is 1. The Morgan fingerprint density at radius 3 is 2.59 bits per heavy atom. The number of aliphatic hydroxyl groups excluding tert-OH is 1. The van der Waals surface area contributed by atoms with Gasteiger partial charge in [-0.15, -0.1) is 0 Å². The van der Waals surface area contributed by atoms with Crippen LogP contribution < -0.4 is 9.64 Å². The van der Waals surface area contributed by atoms with Crippen LogP contribution in [0.5, 0.6) is 5.75 Å². The van der Waals surface area contributed by atoms with Crippen LogP contribution >= 0.6 is 11.6 Å². The Bertz CT molecular complexity index is 1200. The average Bonchev–Trinajstić information content (AvgIpc) is 3.33. The number of ether oxygens (including phenoxy) is 1. The zero-order valence-corrected chi connectivity index (χ0v) is 18.3. The van der Waals surface area contributed by atoms with Crippen molar-refractivity contribution in [3.63, 3.8) is 0 Å². The number of hydrogen-bond acceptors (Lipinski definition) is 6. The van der Waals surface area contributed by atoms with Gasteiger partial charge in [0.05, 0.1) is 18.2 Å². The third-order valence-electron chi connectivity index (χ3n) is 5.07. The van der Waals surface area contributed by atoms with Crippen LogP contribution in [0.3, 0.4) is 0 Å². The maximum Gasteiger partial charge on any atom is 0.301 e. The maximum atomic E-state index is 13.1. The van der Waals surface area contributed by atoms with Gasteiger partial charge in [0.2, 0.25) is 0 Å². The molecule has 1 aliphatic rings. The number of carbonyl (C=O) groups excluding carboxylic acids is 2. The van der Waals surface area contributed by atoms with Gasteiger partial charge in [-0.25, -0.2) is 0 Å². The Morgan fingerprint density at radius 1 is 1.19 bits per heavy atom. The number of Topliss-reactive ketones (excluding diaryl/α,β-unsaturated/α-hetero) is 1. The van der Waals surface area contributed by atoms with Crippen molar-refractivity contribution in [2.24, 2.45) is 0 Å². The molecule has 0 spiro atoms. The minimum atomic E-state index is -0.916. The summed E-state index contributed by atoms with van der Waals surface area (Å²) in [6.45, 7) is 4.21. The van der Waals surface area contributed by atoms with Gasteiger partial charge in [-0.05, 0) is 55.3 Å². The maximum absolute atomic E-state index is 13.1. The second kappa shape index (κ2) is 8.88. The number of amides is 1. The van der Waals surface area contributed by atoms with Crippen molar-refractivity contribution < 1.29 is 24.0 Å². The van der Waals surface area contributed by atoms with E-state index < -0.39 is 17.7 Å². The molecule has 2 heterocycles. The molecule has 1 atom stereocenters. The van der Waals surface area contributed by atoms with E-state index in [2.05, 4.69) is 5.16 Å². The molecule has 0 aliphatic carbocycles. The number of rotatable bonds is 6. The summed E-state index contributed by atoms with van der Waals surface area (Å²) >= 11 is 5.96. The smallest absolute Gasteiger partial charge is 0.301 e. The molecule has 32 heavy (non-hydrogen) atoms. The van der Waals surface area contributed by atoms with Gasteiger partial charge in [-0.1, -0.05) is 35.8 Å². The van der Waals surface area contributed by atoms with Crippen molar-refractivity contribution >= 4 is 34.9 Å². The molecule has 2 aromatic carbocycles. The van der Waals surface area contributed by atoms with Gasteiger partial charge in [-0.2, -0.15) is 0 Å². The van der Waals surface area contributed by atoms with Crippen molar-refractivity contribution in [2.45, 2.75) is 26.3 Å². The van der Waals surface area contributed by atoms with Crippen LogP contribution in [-0.4, -0.2) is 28.6 Å². The molecule has 3 aromatic rings. The van der Waals surface area contributed by atoms with Crippen molar-refractivity contribution in [3.05, 3.63) is 82.1 Å². The molecule has 4 rings (SSSR count). The number of benzene rings is 2. The summed E-state index contributed by atoms with van der Waals surface area (Å²) in [4.78, 5) is 27.4. The second-order valence-corrected chi connectivity index (χ2v) is 7.83. The number of aliphatic hydroxyl groups is 1. The Balaban J connectivity index is 1.90. The number of halogens is 1. The van der Waals surface area contributed by atoms with Crippen LogP contribution in [0.2, 0.25) is 5.02 Å². The Kier molecular flexibility index (Phi) is 6.01. The van der Waals surface area contributed by atoms with E-state index in [0.717, 1.165) is 6.42 Å². The minimum Gasteiger partial charge on any atom is -0.507 e. The monoisotopic (exact) mass is 452 g/mol. The first-order valence-electron chi connectivity index (χ1n) is 10.1. The van der Waals surface area contributed by atoms with Gasteiger partial charge in [-0.3, -0.25) is 14.5 Å². The fourth-order valence-electron chi connectivity index (χ4n) is 3.61. The molecule has 1 saturated heterocycles. The molecule has 1 aliphatic heterocycles. The van der Waals surface area contributed by atoms with Gasteiger partial charge in [0.1, 0.15) is 17.3 Å². The van der Waals surface area contributed by atoms with Crippen LogP contribution in [0.4, 0.5) is 5.82 Å². The number of hydrogen-bond donors (Lipinski definition) is 1. The Morgan fingerprint density at radius 2 is 1.94 bits per heavy atom. The van der Waals surface area contributed by atoms with Crippen molar-refractivity contribution in [1.82, 2.24) is 5.16 Å². The lowest BCUT2D eigenvalue weighted by Crippen LogP contribution is -2.29. The average molecular weight is 453 g/mol. The van der Waals surface area contributed by atoms with E-state index in [4.69, 9.17) is 20.9 Å². The van der Waals surface area contributed by atoms with Crippen LogP contribution in [0.15, 0.2) is 64.7 Å². The highest BCUT2D eigenvalue weighted by Gasteiger charge is 2.48. The molecule has 0 bridgehead atoms. The zero-order chi connectivity index (χ0) is 22.8. The summed E-state index contributed by atoms with van der Waals surface area (Å²) in [6.07, 6.45) is 0.831. The van der Waals surface area contributed by atoms with Gasteiger partial charge >= 0.3 is 5.91 Å². The molecule has 164 valence electrons. The second-order valence-electron chi connectivity index (χ2n) is 7.39. The highest BCUT2D eigenvalue weighted by atomic mass is 35.5. The third-order valence-corrected chi connectivity index (χ3v) is 5.32. The van der Waals surface area contributed by atoms with Gasteiger partial charge in [0.15, 0.2) is 5.82 Å². The lowest BCUT2D eigenvalue weighted by molar-refractivity contribution is -0.132. The number of carbonyl (C=O) groups is 2. The molecular formula is C24H21ClN2O5. The van der Waals surface area contributed by atoms with E-state index >= 15 is 0 Å². The van der Waals surface area contributed by atoms with Crippen LogP contribution in [0.25, 0.3) is 5.76 Å². The molecule has 1 amide bonds. The number of ketones is 1. The minimum absolute atomic E-state index is 0.0504. The van der Waals surface area contributed by atoms with E-state index in [0.29, 0.717) is 34.3 Å². The number of nitrogens with zero attached hydrogens (tertiary/aromatic N) is 2. The summed E-state index contributed by atoms with van der Waals surface area (Å²) < 4.78 is 10.9. The highest BCUT2D eigenvalue weighted by Crippen LogP contribution is 2.42. The summed E-state index contributed by atoms with van der Waals surface area (Å²) in [6, 6.07) is 14.1. The quantitative estimate of drug-likeness (QED) is 0.319. The summed E-state index contributed by atoms with van der Waals surface area (Å²) in [5.41, 5.74) is 0.909.